The molecule has 0 aliphatic heterocycles. The third-order valence-electron chi connectivity index (χ3n) is 4.71. The number of methoxy groups -OCH3 is 2. The molecule has 0 aliphatic rings. The lowest BCUT2D eigenvalue weighted by Gasteiger charge is -2.18. The quantitative estimate of drug-likeness (QED) is 0.256. The highest BCUT2D eigenvalue weighted by Gasteiger charge is 2.12. The molecule has 8 nitrogen and oxygen atoms in total. The number of hydrogen-bond donors (Lipinski definition) is 2. The van der Waals surface area contributed by atoms with Crippen LogP contribution in [0.1, 0.15) is 30.8 Å². The zero-order valence-corrected chi connectivity index (χ0v) is 21.7. The number of nitrogens with zero attached hydrogens (tertiary/aromatic N) is 3. The maximum atomic E-state index is 5.98. The monoisotopic (exact) mass is 545 g/mol. The molecule has 9 heteroatoms. The summed E-state index contributed by atoms with van der Waals surface area (Å²) < 4.78 is 18.4. The summed E-state index contributed by atoms with van der Waals surface area (Å²) in [6.45, 7) is 11.5. The normalized spacial score (nSPS) is 12.1. The highest BCUT2D eigenvalue weighted by atomic mass is 127. The number of benzene rings is 1. The lowest BCUT2D eigenvalue weighted by Crippen LogP contribution is -2.41. The predicted octanol–water partition coefficient (Wildman–Crippen LogP) is 3.30. The van der Waals surface area contributed by atoms with Crippen molar-refractivity contribution < 1.29 is 14.2 Å². The van der Waals surface area contributed by atoms with E-state index in [1.54, 1.807) is 14.2 Å². The summed E-state index contributed by atoms with van der Waals surface area (Å²) in [5.41, 5.74) is 3.26. The summed E-state index contributed by atoms with van der Waals surface area (Å²) in [7, 11) is 3.35. The Balaban J connectivity index is 0.00000480. The Labute approximate surface area is 202 Å². The van der Waals surface area contributed by atoms with E-state index in [-0.39, 0.29) is 30.1 Å². The van der Waals surface area contributed by atoms with Gasteiger partial charge in [0.05, 0.1) is 39.0 Å². The van der Waals surface area contributed by atoms with Crippen molar-refractivity contribution in [2.45, 2.75) is 46.9 Å². The fourth-order valence-corrected chi connectivity index (χ4v) is 3.05. The lowest BCUT2D eigenvalue weighted by molar-refractivity contribution is 0.182. The fourth-order valence-electron chi connectivity index (χ4n) is 3.05. The van der Waals surface area contributed by atoms with Crippen LogP contribution in [0.2, 0.25) is 0 Å². The van der Waals surface area contributed by atoms with Gasteiger partial charge >= 0.3 is 0 Å². The van der Waals surface area contributed by atoms with Crippen molar-refractivity contribution in [3.05, 3.63) is 41.2 Å². The largest absolute Gasteiger partial charge is 0.497 e. The van der Waals surface area contributed by atoms with Crippen LogP contribution >= 0.6 is 24.0 Å². The maximum absolute atomic E-state index is 5.98. The van der Waals surface area contributed by atoms with E-state index in [4.69, 9.17) is 19.2 Å². The summed E-state index contributed by atoms with van der Waals surface area (Å²) in [5.74, 6) is 2.31. The van der Waals surface area contributed by atoms with Gasteiger partial charge in [-0.2, -0.15) is 5.10 Å². The molecule has 174 valence electrons. The number of aliphatic imine (C=N–C) groups is 1. The van der Waals surface area contributed by atoms with E-state index in [0.29, 0.717) is 19.7 Å². The van der Waals surface area contributed by atoms with Gasteiger partial charge in [-0.15, -0.1) is 24.0 Å². The van der Waals surface area contributed by atoms with Crippen molar-refractivity contribution in [1.82, 2.24) is 20.4 Å². The van der Waals surface area contributed by atoms with Crippen molar-refractivity contribution in [3.63, 3.8) is 0 Å². The molecule has 0 bridgehead atoms. The van der Waals surface area contributed by atoms with E-state index in [9.17, 15) is 0 Å². The van der Waals surface area contributed by atoms with Gasteiger partial charge < -0.3 is 24.8 Å². The van der Waals surface area contributed by atoms with E-state index in [1.165, 1.54) is 0 Å². The zero-order valence-electron chi connectivity index (χ0n) is 19.4. The second-order valence-electron chi connectivity index (χ2n) is 7.05. The topological polar surface area (TPSA) is 81.9 Å². The minimum atomic E-state index is -0.0405. The van der Waals surface area contributed by atoms with Gasteiger partial charge in [-0.25, -0.2) is 4.99 Å². The van der Waals surface area contributed by atoms with Crippen LogP contribution in [0.25, 0.3) is 0 Å². The molecule has 1 aromatic carbocycles. The fraction of sp³-hybridized carbons (Fsp3) is 0.545. The number of aromatic nitrogens is 2. The first kappa shape index (κ1) is 27.0. The van der Waals surface area contributed by atoms with Gasteiger partial charge in [0.25, 0.3) is 0 Å². The molecule has 0 fully saturated rings. The molecular formula is C22H36IN5O3. The SMILES string of the molecule is CCNC(=NCc1c(C)nn(CCOC)c1C)NCC(C)Oc1cccc(OC)c1.I. The second kappa shape index (κ2) is 14.1. The average molecular weight is 545 g/mol. The molecule has 1 atom stereocenters. The molecule has 1 heterocycles. The van der Waals surface area contributed by atoms with Crippen LogP contribution in [-0.2, 0) is 17.8 Å². The van der Waals surface area contributed by atoms with Gasteiger partial charge in [-0.05, 0) is 39.8 Å². The smallest absolute Gasteiger partial charge is 0.191 e. The molecule has 1 unspecified atom stereocenters. The first-order chi connectivity index (χ1) is 14.5. The number of hydrogen-bond acceptors (Lipinski definition) is 5. The standard InChI is InChI=1S/C22H35N5O3.HI/c1-7-23-22(24-14-16(2)30-20-10-8-9-19(13-20)29-6)25-15-21-17(3)26-27(18(21)4)11-12-28-5;/h8-10,13,16H,7,11-12,14-15H2,1-6H3,(H2,23,24,25);1H. The molecule has 0 saturated carbocycles. The van der Waals surface area contributed by atoms with Crippen molar-refractivity contribution >= 4 is 29.9 Å². The van der Waals surface area contributed by atoms with Crippen LogP contribution in [0.5, 0.6) is 11.5 Å². The second-order valence-corrected chi connectivity index (χ2v) is 7.05. The number of aryl methyl sites for hydroxylation is 1. The van der Waals surface area contributed by atoms with E-state index >= 15 is 0 Å². The van der Waals surface area contributed by atoms with Gasteiger partial charge in [-0.3, -0.25) is 4.68 Å². The third kappa shape index (κ3) is 8.56. The Bertz CT molecular complexity index is 825. The summed E-state index contributed by atoms with van der Waals surface area (Å²) in [4.78, 5) is 4.74. The summed E-state index contributed by atoms with van der Waals surface area (Å²) in [5, 5.41) is 11.2. The van der Waals surface area contributed by atoms with Crippen LogP contribution in [-0.4, -0.2) is 55.8 Å². The third-order valence-corrected chi connectivity index (χ3v) is 4.71. The van der Waals surface area contributed by atoms with Gasteiger partial charge in [0.1, 0.15) is 17.6 Å². The van der Waals surface area contributed by atoms with E-state index in [0.717, 1.165) is 47.5 Å². The lowest BCUT2D eigenvalue weighted by atomic mass is 10.2. The van der Waals surface area contributed by atoms with Crippen LogP contribution in [0.3, 0.4) is 0 Å². The molecular weight excluding hydrogens is 509 g/mol. The number of nitrogens with one attached hydrogen (secondary N) is 2. The predicted molar refractivity (Wildman–Crippen MR) is 135 cm³/mol. The van der Waals surface area contributed by atoms with Crippen molar-refractivity contribution in [2.75, 3.05) is 33.9 Å². The summed E-state index contributed by atoms with van der Waals surface area (Å²) >= 11 is 0. The Morgan fingerprint density at radius 2 is 1.94 bits per heavy atom. The van der Waals surface area contributed by atoms with E-state index in [1.807, 2.05) is 49.7 Å². The van der Waals surface area contributed by atoms with Crippen molar-refractivity contribution in [2.24, 2.45) is 4.99 Å². The van der Waals surface area contributed by atoms with E-state index in [2.05, 4.69) is 22.7 Å². The number of halogens is 1. The maximum Gasteiger partial charge on any atom is 0.191 e. The van der Waals surface area contributed by atoms with Crippen LogP contribution in [0, 0.1) is 13.8 Å². The van der Waals surface area contributed by atoms with Crippen LogP contribution in [0.15, 0.2) is 29.3 Å². The van der Waals surface area contributed by atoms with Crippen LogP contribution < -0.4 is 20.1 Å². The van der Waals surface area contributed by atoms with Crippen molar-refractivity contribution in [3.8, 4) is 11.5 Å². The molecule has 0 radical (unpaired) electrons. The first-order valence-electron chi connectivity index (χ1n) is 10.3. The molecule has 0 aliphatic carbocycles. The number of guanidine groups is 1. The minimum Gasteiger partial charge on any atom is -0.497 e. The van der Waals surface area contributed by atoms with Gasteiger partial charge in [0.15, 0.2) is 5.96 Å². The van der Waals surface area contributed by atoms with Gasteiger partial charge in [0, 0.05) is 31.0 Å². The molecule has 0 amide bonds. The molecule has 2 aromatic rings. The average Bonchev–Trinajstić information content (AvgIpc) is 3.01. The Morgan fingerprint density at radius 3 is 2.61 bits per heavy atom. The molecule has 0 spiro atoms. The first-order valence-corrected chi connectivity index (χ1v) is 10.3. The summed E-state index contributed by atoms with van der Waals surface area (Å²) in [6, 6.07) is 7.61. The Morgan fingerprint density at radius 1 is 1.19 bits per heavy atom. The minimum absolute atomic E-state index is 0. The Hall–Kier alpha value is -2.01. The molecule has 31 heavy (non-hydrogen) atoms. The number of ether oxygens (including phenoxy) is 3. The zero-order chi connectivity index (χ0) is 21.9. The highest BCUT2D eigenvalue weighted by molar-refractivity contribution is 14.0. The molecule has 2 N–H and O–H groups in total. The molecule has 0 saturated heterocycles. The van der Waals surface area contributed by atoms with E-state index < -0.39 is 0 Å². The summed E-state index contributed by atoms with van der Waals surface area (Å²) in [6.07, 6.45) is -0.0405. The van der Waals surface area contributed by atoms with Crippen molar-refractivity contribution in [1.29, 1.82) is 0 Å². The van der Waals surface area contributed by atoms with Gasteiger partial charge in [0.2, 0.25) is 0 Å². The molecule has 2 rings (SSSR count). The number of rotatable bonds is 11. The highest BCUT2D eigenvalue weighted by Crippen LogP contribution is 2.19. The Kier molecular flexibility index (Phi) is 12.3. The van der Waals surface area contributed by atoms with Gasteiger partial charge in [-0.1, -0.05) is 6.07 Å². The van der Waals surface area contributed by atoms with Crippen LogP contribution in [0.4, 0.5) is 0 Å². The molecule has 1 aromatic heterocycles.